The van der Waals surface area contributed by atoms with Crippen molar-refractivity contribution in [2.24, 2.45) is 0 Å². The van der Waals surface area contributed by atoms with Crippen LogP contribution < -0.4 is 5.32 Å². The van der Waals surface area contributed by atoms with Gasteiger partial charge in [0.25, 0.3) is 5.91 Å². The fourth-order valence-electron chi connectivity index (χ4n) is 4.10. The minimum Gasteiger partial charge on any atom is -0.469 e. The van der Waals surface area contributed by atoms with Crippen LogP contribution in [-0.2, 0) is 4.79 Å². The van der Waals surface area contributed by atoms with E-state index in [0.717, 1.165) is 13.1 Å². The molecule has 31 heavy (non-hydrogen) atoms. The topological polar surface area (TPSA) is 65.8 Å². The third-order valence-corrected chi connectivity index (χ3v) is 5.77. The van der Waals surface area contributed by atoms with Crippen LogP contribution in [0.3, 0.4) is 0 Å². The van der Waals surface area contributed by atoms with Crippen molar-refractivity contribution < 1.29 is 14.0 Å². The van der Waals surface area contributed by atoms with Crippen LogP contribution in [0.15, 0.2) is 77.4 Å². The number of carbonyl (C=O) groups excluding carboxylic acids is 2. The number of aryl methyl sites for hydroxylation is 1. The van der Waals surface area contributed by atoms with Gasteiger partial charge in [-0.2, -0.15) is 0 Å². The van der Waals surface area contributed by atoms with Crippen LogP contribution in [0.4, 0.5) is 0 Å². The molecule has 1 fully saturated rings. The SMILES string of the molecule is Cc1occc1C(=O)NCC(=O)N1CCN(C(c2ccccc2)c2ccccc2)CC1. The second-order valence-corrected chi connectivity index (χ2v) is 7.71. The number of hydrogen-bond acceptors (Lipinski definition) is 4. The van der Waals surface area contributed by atoms with Crippen LogP contribution in [0, 0.1) is 6.92 Å². The fraction of sp³-hybridized carbons (Fsp3) is 0.280. The monoisotopic (exact) mass is 417 g/mol. The normalized spacial score (nSPS) is 14.6. The first-order chi connectivity index (χ1) is 15.1. The second kappa shape index (κ2) is 9.62. The third kappa shape index (κ3) is 4.86. The second-order valence-electron chi connectivity index (χ2n) is 7.71. The average molecular weight is 418 g/mol. The van der Waals surface area contributed by atoms with Gasteiger partial charge in [0.2, 0.25) is 5.91 Å². The summed E-state index contributed by atoms with van der Waals surface area (Å²) in [4.78, 5) is 29.1. The van der Waals surface area contributed by atoms with Gasteiger partial charge >= 0.3 is 0 Å². The first kappa shape index (κ1) is 20.9. The molecule has 6 heteroatoms. The molecule has 6 nitrogen and oxygen atoms in total. The zero-order chi connectivity index (χ0) is 21.6. The number of carbonyl (C=O) groups is 2. The Labute approximate surface area is 182 Å². The van der Waals surface area contributed by atoms with Gasteiger partial charge in [-0.05, 0) is 24.1 Å². The molecule has 0 saturated carbocycles. The Balaban J connectivity index is 1.37. The molecule has 0 radical (unpaired) electrons. The summed E-state index contributed by atoms with van der Waals surface area (Å²) in [7, 11) is 0. The number of benzene rings is 2. The van der Waals surface area contributed by atoms with Crippen molar-refractivity contribution in [3.8, 4) is 0 Å². The van der Waals surface area contributed by atoms with Gasteiger partial charge in [-0.1, -0.05) is 60.7 Å². The number of furan rings is 1. The van der Waals surface area contributed by atoms with E-state index in [-0.39, 0.29) is 24.4 Å². The van der Waals surface area contributed by atoms with Crippen molar-refractivity contribution in [3.05, 3.63) is 95.4 Å². The zero-order valence-electron chi connectivity index (χ0n) is 17.7. The Morgan fingerprint density at radius 2 is 1.48 bits per heavy atom. The van der Waals surface area contributed by atoms with Crippen LogP contribution in [0.2, 0.25) is 0 Å². The molecule has 1 aliphatic rings. The number of hydrogen-bond donors (Lipinski definition) is 1. The van der Waals surface area contributed by atoms with Gasteiger partial charge in [-0.15, -0.1) is 0 Å². The smallest absolute Gasteiger partial charge is 0.255 e. The molecule has 1 saturated heterocycles. The molecule has 1 aromatic heterocycles. The van der Waals surface area contributed by atoms with Gasteiger partial charge in [-0.3, -0.25) is 14.5 Å². The molecule has 0 spiro atoms. The molecule has 2 heterocycles. The van der Waals surface area contributed by atoms with E-state index in [1.807, 2.05) is 17.0 Å². The number of nitrogens with zero attached hydrogens (tertiary/aromatic N) is 2. The lowest BCUT2D eigenvalue weighted by molar-refractivity contribution is -0.132. The maximum absolute atomic E-state index is 12.6. The van der Waals surface area contributed by atoms with Crippen molar-refractivity contribution in [2.45, 2.75) is 13.0 Å². The molecule has 2 amide bonds. The Hall–Kier alpha value is -3.38. The average Bonchev–Trinajstić information content (AvgIpc) is 3.25. The van der Waals surface area contributed by atoms with Gasteiger partial charge < -0.3 is 14.6 Å². The lowest BCUT2D eigenvalue weighted by atomic mass is 9.96. The molecular weight excluding hydrogens is 390 g/mol. The van der Waals surface area contributed by atoms with E-state index in [0.29, 0.717) is 24.4 Å². The Morgan fingerprint density at radius 3 is 2.00 bits per heavy atom. The van der Waals surface area contributed by atoms with E-state index >= 15 is 0 Å². The van der Waals surface area contributed by atoms with Crippen molar-refractivity contribution in [1.29, 1.82) is 0 Å². The van der Waals surface area contributed by atoms with Gasteiger partial charge in [0, 0.05) is 26.2 Å². The summed E-state index contributed by atoms with van der Waals surface area (Å²) in [5.74, 6) is 0.197. The highest BCUT2D eigenvalue weighted by Gasteiger charge is 2.28. The first-order valence-corrected chi connectivity index (χ1v) is 10.6. The van der Waals surface area contributed by atoms with E-state index < -0.39 is 0 Å². The molecule has 160 valence electrons. The molecule has 3 aromatic rings. The third-order valence-electron chi connectivity index (χ3n) is 5.77. The van der Waals surface area contributed by atoms with Gasteiger partial charge in [0.1, 0.15) is 5.76 Å². The van der Waals surface area contributed by atoms with Crippen LogP contribution in [-0.4, -0.2) is 54.3 Å². The largest absolute Gasteiger partial charge is 0.469 e. The van der Waals surface area contributed by atoms with Gasteiger partial charge in [-0.25, -0.2) is 0 Å². The van der Waals surface area contributed by atoms with Crippen LogP contribution in [0.25, 0.3) is 0 Å². The highest BCUT2D eigenvalue weighted by Crippen LogP contribution is 2.29. The fourth-order valence-corrected chi connectivity index (χ4v) is 4.10. The maximum Gasteiger partial charge on any atom is 0.255 e. The summed E-state index contributed by atoms with van der Waals surface area (Å²) in [5.41, 5.74) is 2.96. The summed E-state index contributed by atoms with van der Waals surface area (Å²) < 4.78 is 5.15. The summed E-state index contributed by atoms with van der Waals surface area (Å²) >= 11 is 0. The molecular formula is C25H27N3O3. The number of rotatable bonds is 6. The minimum atomic E-state index is -0.286. The Kier molecular flexibility index (Phi) is 6.48. The lowest BCUT2D eigenvalue weighted by Crippen LogP contribution is -2.52. The molecule has 1 N–H and O–H groups in total. The van der Waals surface area contributed by atoms with E-state index in [9.17, 15) is 9.59 Å². The Bertz CT molecular complexity index is 969. The molecule has 1 aliphatic heterocycles. The van der Waals surface area contributed by atoms with E-state index in [1.165, 1.54) is 17.4 Å². The standard InChI is InChI=1S/C25H27N3O3/c1-19-22(12-17-31-19)25(30)26-18-23(29)27-13-15-28(16-14-27)24(20-8-4-2-5-9-20)21-10-6-3-7-11-21/h2-12,17,24H,13-16,18H2,1H3,(H,26,30). The van der Waals surface area contributed by atoms with Crippen molar-refractivity contribution in [1.82, 2.24) is 15.1 Å². The summed E-state index contributed by atoms with van der Waals surface area (Å²) in [6.45, 7) is 4.53. The highest BCUT2D eigenvalue weighted by atomic mass is 16.3. The number of nitrogens with one attached hydrogen (secondary N) is 1. The van der Waals surface area contributed by atoms with E-state index in [2.05, 4.69) is 58.7 Å². The van der Waals surface area contributed by atoms with Crippen molar-refractivity contribution >= 4 is 11.8 Å². The molecule has 0 bridgehead atoms. The molecule has 0 aliphatic carbocycles. The molecule has 4 rings (SSSR count). The summed E-state index contributed by atoms with van der Waals surface area (Å²) in [6.07, 6.45) is 1.47. The summed E-state index contributed by atoms with van der Waals surface area (Å²) in [6, 6.07) is 22.7. The van der Waals surface area contributed by atoms with Crippen molar-refractivity contribution in [2.75, 3.05) is 32.7 Å². The predicted octanol–water partition coefficient (Wildman–Crippen LogP) is 3.25. The molecule has 2 aromatic carbocycles. The van der Waals surface area contributed by atoms with Crippen molar-refractivity contribution in [3.63, 3.8) is 0 Å². The van der Waals surface area contributed by atoms with Crippen LogP contribution in [0.1, 0.15) is 33.3 Å². The predicted molar refractivity (Wildman–Crippen MR) is 119 cm³/mol. The maximum atomic E-state index is 12.6. The van der Waals surface area contributed by atoms with Gasteiger partial charge in [0.15, 0.2) is 0 Å². The summed E-state index contributed by atoms with van der Waals surface area (Å²) in [5, 5.41) is 2.70. The number of amides is 2. The highest BCUT2D eigenvalue weighted by molar-refractivity contribution is 5.97. The lowest BCUT2D eigenvalue weighted by Gasteiger charge is -2.39. The van der Waals surface area contributed by atoms with Gasteiger partial charge in [0.05, 0.1) is 24.4 Å². The van der Waals surface area contributed by atoms with E-state index in [4.69, 9.17) is 4.42 Å². The number of piperazine rings is 1. The quantitative estimate of drug-likeness (QED) is 0.669. The van der Waals surface area contributed by atoms with E-state index in [1.54, 1.807) is 13.0 Å². The Morgan fingerprint density at radius 1 is 0.903 bits per heavy atom. The first-order valence-electron chi connectivity index (χ1n) is 10.6. The minimum absolute atomic E-state index is 0.00967. The zero-order valence-corrected chi connectivity index (χ0v) is 17.7. The molecule has 0 atom stereocenters. The van der Waals surface area contributed by atoms with Crippen LogP contribution in [0.5, 0.6) is 0 Å². The van der Waals surface area contributed by atoms with Crippen LogP contribution >= 0.6 is 0 Å². The molecule has 0 unspecified atom stereocenters.